The van der Waals surface area contributed by atoms with Crippen LogP contribution in [0.25, 0.3) is 33.2 Å². The van der Waals surface area contributed by atoms with Crippen molar-refractivity contribution in [3.8, 4) is 17.2 Å². The molecule has 0 atom stereocenters. The predicted octanol–water partition coefficient (Wildman–Crippen LogP) is 4.21. The molecular weight excluding hydrogens is 506 g/mol. The molecule has 4 aromatic heterocycles. The molecule has 0 aliphatic rings. The first kappa shape index (κ1) is 24.8. The fourth-order valence-electron chi connectivity index (χ4n) is 4.94. The molecule has 0 fully saturated rings. The molecule has 0 bridgehead atoms. The highest BCUT2D eigenvalue weighted by Gasteiger charge is 2.18. The van der Waals surface area contributed by atoms with Crippen LogP contribution >= 0.6 is 0 Å². The van der Waals surface area contributed by atoms with Gasteiger partial charge in [-0.25, -0.2) is 15.0 Å². The van der Waals surface area contributed by atoms with Gasteiger partial charge >= 0.3 is 0 Å². The topological polar surface area (TPSA) is 164 Å². The number of benzene rings is 2. The molecule has 40 heavy (non-hydrogen) atoms. The summed E-state index contributed by atoms with van der Waals surface area (Å²) in [5, 5.41) is 16.9. The zero-order chi connectivity index (χ0) is 27.8. The molecule has 6 rings (SSSR count). The first-order valence-electron chi connectivity index (χ1n) is 12.6. The van der Waals surface area contributed by atoms with Crippen LogP contribution < -0.4 is 11.1 Å². The van der Waals surface area contributed by atoms with Gasteiger partial charge in [-0.3, -0.25) is 4.79 Å². The zero-order valence-corrected chi connectivity index (χ0v) is 21.9. The van der Waals surface area contributed by atoms with Crippen LogP contribution in [0.3, 0.4) is 0 Å². The maximum atomic E-state index is 12.8. The molecule has 1 amide bonds. The maximum absolute atomic E-state index is 12.8. The van der Waals surface area contributed by atoms with Gasteiger partial charge in [-0.15, -0.1) is 0 Å². The molecule has 11 nitrogen and oxygen atoms in total. The van der Waals surface area contributed by atoms with Gasteiger partial charge in [-0.05, 0) is 54.3 Å². The molecular formula is C29H25N9O2. The van der Waals surface area contributed by atoms with E-state index >= 15 is 0 Å². The summed E-state index contributed by atoms with van der Waals surface area (Å²) in [6.45, 7) is 4.24. The minimum Gasteiger partial charge on any atom is -0.382 e. The molecule has 4 heterocycles. The molecule has 0 aliphatic carbocycles. The quantitative estimate of drug-likeness (QED) is 0.276. The zero-order valence-electron chi connectivity index (χ0n) is 21.9. The van der Waals surface area contributed by atoms with Gasteiger partial charge in [0.1, 0.15) is 23.2 Å². The fourth-order valence-corrected chi connectivity index (χ4v) is 4.94. The van der Waals surface area contributed by atoms with Crippen LogP contribution in [0, 0.1) is 25.2 Å². The number of nitrogens with two attached hydrogens (primary N) is 1. The van der Waals surface area contributed by atoms with Crippen LogP contribution in [0.1, 0.15) is 38.6 Å². The number of H-pyrrole nitrogens is 1. The SMILES string of the molecule is Cc1noc(C)c1C(=O)NCc1cc2cc(-c3ccc(CC#N)cc3)cc(Cn3cnc4c(N)ncnc43)c2[nH]1. The summed E-state index contributed by atoms with van der Waals surface area (Å²) in [4.78, 5) is 29.1. The van der Waals surface area contributed by atoms with E-state index in [0.29, 0.717) is 53.5 Å². The average Bonchev–Trinajstić information content (AvgIpc) is 3.65. The van der Waals surface area contributed by atoms with Crippen molar-refractivity contribution in [1.82, 2.24) is 35.0 Å². The molecule has 2 aromatic carbocycles. The van der Waals surface area contributed by atoms with E-state index in [0.717, 1.165) is 38.9 Å². The number of imidazole rings is 1. The molecule has 0 unspecified atom stereocenters. The van der Waals surface area contributed by atoms with Crippen molar-refractivity contribution in [2.24, 2.45) is 0 Å². The van der Waals surface area contributed by atoms with E-state index in [4.69, 9.17) is 15.5 Å². The lowest BCUT2D eigenvalue weighted by molar-refractivity contribution is 0.0948. The van der Waals surface area contributed by atoms with E-state index in [-0.39, 0.29) is 5.91 Å². The second-order valence-corrected chi connectivity index (χ2v) is 9.61. The van der Waals surface area contributed by atoms with Crippen LogP contribution in [-0.2, 0) is 19.5 Å². The smallest absolute Gasteiger partial charge is 0.257 e. The highest BCUT2D eigenvalue weighted by atomic mass is 16.5. The number of carbonyl (C=O) groups is 1. The summed E-state index contributed by atoms with van der Waals surface area (Å²) < 4.78 is 7.07. The Morgan fingerprint density at radius 3 is 2.70 bits per heavy atom. The number of anilines is 1. The summed E-state index contributed by atoms with van der Waals surface area (Å²) >= 11 is 0. The Morgan fingerprint density at radius 1 is 1.12 bits per heavy atom. The van der Waals surface area contributed by atoms with E-state index in [2.05, 4.69) is 48.6 Å². The van der Waals surface area contributed by atoms with Crippen LogP contribution in [0.15, 0.2) is 59.6 Å². The van der Waals surface area contributed by atoms with Crippen molar-refractivity contribution in [3.05, 3.63) is 89.0 Å². The number of hydrogen-bond donors (Lipinski definition) is 3. The Morgan fingerprint density at radius 2 is 1.95 bits per heavy atom. The molecule has 0 spiro atoms. The Balaban J connectivity index is 1.38. The van der Waals surface area contributed by atoms with Crippen LogP contribution in [-0.4, -0.2) is 35.6 Å². The molecule has 4 N–H and O–H groups in total. The number of fused-ring (bicyclic) bond motifs is 2. The summed E-state index contributed by atoms with van der Waals surface area (Å²) in [6, 6.07) is 16.4. The number of rotatable bonds is 7. The molecule has 0 radical (unpaired) electrons. The normalized spacial score (nSPS) is 11.2. The third-order valence-electron chi connectivity index (χ3n) is 6.91. The standard InChI is InChI=1S/C29H25N9O2/c1-16-24(17(2)40-37-16)29(39)32-12-23-11-21-9-20(19-5-3-18(4-6-19)7-8-30)10-22(25(21)36-23)13-38-15-35-26-27(31)33-14-34-28(26)38/h3-6,9-11,14-15,36H,7,12-13H2,1-2H3,(H,32,39)(H2,31,33,34). The second kappa shape index (κ2) is 9.99. The second-order valence-electron chi connectivity index (χ2n) is 9.61. The highest BCUT2D eigenvalue weighted by Crippen LogP contribution is 2.30. The fraction of sp³-hybridized carbons (Fsp3) is 0.172. The van der Waals surface area contributed by atoms with Gasteiger partial charge in [-0.1, -0.05) is 29.4 Å². The van der Waals surface area contributed by atoms with Crippen molar-refractivity contribution in [2.75, 3.05) is 5.73 Å². The highest BCUT2D eigenvalue weighted by molar-refractivity contribution is 5.96. The minimum absolute atomic E-state index is 0.240. The summed E-state index contributed by atoms with van der Waals surface area (Å²) in [5.74, 6) is 0.572. The number of amides is 1. The number of aromatic nitrogens is 6. The molecule has 0 saturated heterocycles. The van der Waals surface area contributed by atoms with Gasteiger partial charge in [0.2, 0.25) is 0 Å². The third kappa shape index (κ3) is 4.52. The van der Waals surface area contributed by atoms with Crippen LogP contribution in [0.2, 0.25) is 0 Å². The molecule has 198 valence electrons. The van der Waals surface area contributed by atoms with Gasteiger partial charge in [0, 0.05) is 11.1 Å². The lowest BCUT2D eigenvalue weighted by Gasteiger charge is -2.10. The Kier molecular flexibility index (Phi) is 6.20. The van der Waals surface area contributed by atoms with Gasteiger partial charge in [0.25, 0.3) is 5.91 Å². The van der Waals surface area contributed by atoms with Crippen molar-refractivity contribution < 1.29 is 9.32 Å². The van der Waals surface area contributed by atoms with Crippen LogP contribution in [0.5, 0.6) is 0 Å². The Hall–Kier alpha value is -5.50. The lowest BCUT2D eigenvalue weighted by Crippen LogP contribution is -2.23. The van der Waals surface area contributed by atoms with E-state index in [1.165, 1.54) is 6.33 Å². The molecule has 11 heteroatoms. The summed E-state index contributed by atoms with van der Waals surface area (Å²) in [6.07, 6.45) is 3.50. The van der Waals surface area contributed by atoms with Gasteiger partial charge in [0.15, 0.2) is 11.5 Å². The number of nitrogens with zero attached hydrogens (tertiary/aromatic N) is 6. The first-order chi connectivity index (χ1) is 19.4. The van der Waals surface area contributed by atoms with Gasteiger partial charge in [-0.2, -0.15) is 5.26 Å². The monoisotopic (exact) mass is 531 g/mol. The minimum atomic E-state index is -0.240. The van der Waals surface area contributed by atoms with E-state index in [1.54, 1.807) is 20.2 Å². The maximum Gasteiger partial charge on any atom is 0.257 e. The van der Waals surface area contributed by atoms with Crippen molar-refractivity contribution in [3.63, 3.8) is 0 Å². The van der Waals surface area contributed by atoms with Gasteiger partial charge < -0.3 is 25.1 Å². The van der Waals surface area contributed by atoms with Crippen LogP contribution in [0.4, 0.5) is 5.82 Å². The number of hydrogen-bond acceptors (Lipinski definition) is 8. The first-order valence-corrected chi connectivity index (χ1v) is 12.6. The summed E-state index contributed by atoms with van der Waals surface area (Å²) in [7, 11) is 0. The number of nitrogens with one attached hydrogen (secondary N) is 2. The van der Waals surface area contributed by atoms with E-state index in [9.17, 15) is 4.79 Å². The predicted molar refractivity (Wildman–Crippen MR) is 149 cm³/mol. The van der Waals surface area contributed by atoms with Crippen molar-refractivity contribution >= 4 is 33.8 Å². The largest absolute Gasteiger partial charge is 0.382 e. The number of aromatic amines is 1. The number of aryl methyl sites for hydroxylation is 2. The summed E-state index contributed by atoms with van der Waals surface area (Å²) in [5.41, 5.74) is 14.0. The number of nitriles is 1. The molecule has 0 aliphatic heterocycles. The van der Waals surface area contributed by atoms with Gasteiger partial charge in [0.05, 0.1) is 43.1 Å². The molecule has 6 aromatic rings. The third-order valence-corrected chi connectivity index (χ3v) is 6.91. The van der Waals surface area contributed by atoms with Crippen molar-refractivity contribution in [1.29, 1.82) is 5.26 Å². The Bertz CT molecular complexity index is 1900. The molecule has 0 saturated carbocycles. The number of carbonyl (C=O) groups excluding carboxylic acids is 1. The average molecular weight is 532 g/mol. The van der Waals surface area contributed by atoms with E-state index < -0.39 is 0 Å². The van der Waals surface area contributed by atoms with E-state index in [1.807, 2.05) is 34.9 Å². The Labute approximate surface area is 228 Å². The lowest BCUT2D eigenvalue weighted by atomic mass is 9.99. The number of nitrogen functional groups attached to an aromatic ring is 1. The van der Waals surface area contributed by atoms with Crippen molar-refractivity contribution in [2.45, 2.75) is 33.4 Å².